The third kappa shape index (κ3) is 5.84. The zero-order valence-electron chi connectivity index (χ0n) is 16.8. The molecule has 6 nitrogen and oxygen atoms in total. The van der Waals surface area contributed by atoms with Gasteiger partial charge >= 0.3 is 0 Å². The number of halogens is 1. The highest BCUT2D eigenvalue weighted by atomic mass is 19.1. The molecule has 0 fully saturated rings. The highest BCUT2D eigenvalue weighted by molar-refractivity contribution is 5.92. The van der Waals surface area contributed by atoms with Gasteiger partial charge in [-0.15, -0.1) is 0 Å². The molecule has 2 aromatic carbocycles. The van der Waals surface area contributed by atoms with Gasteiger partial charge in [-0.1, -0.05) is 24.3 Å². The van der Waals surface area contributed by atoms with Gasteiger partial charge in [-0.25, -0.2) is 9.37 Å². The van der Waals surface area contributed by atoms with E-state index >= 15 is 0 Å². The third-order valence-corrected chi connectivity index (χ3v) is 4.77. The van der Waals surface area contributed by atoms with E-state index in [9.17, 15) is 14.0 Å². The van der Waals surface area contributed by atoms with Crippen molar-refractivity contribution in [3.63, 3.8) is 0 Å². The first-order valence-electron chi connectivity index (χ1n) is 9.84. The number of hydrogen-bond acceptors (Lipinski definition) is 4. The smallest absolute Gasteiger partial charge is 0.238 e. The summed E-state index contributed by atoms with van der Waals surface area (Å²) in [4.78, 5) is 27.3. The lowest BCUT2D eigenvalue weighted by atomic mass is 10.0. The predicted molar refractivity (Wildman–Crippen MR) is 114 cm³/mol. The van der Waals surface area contributed by atoms with Crippen LogP contribution in [-0.4, -0.2) is 28.3 Å². The molecule has 3 rings (SSSR count). The Hall–Kier alpha value is -3.32. The maximum atomic E-state index is 13.7. The van der Waals surface area contributed by atoms with Crippen molar-refractivity contribution in [3.8, 4) is 0 Å². The van der Waals surface area contributed by atoms with Gasteiger partial charge in [0, 0.05) is 24.8 Å². The average molecular weight is 408 g/mol. The van der Waals surface area contributed by atoms with Gasteiger partial charge in [-0.2, -0.15) is 0 Å². The molecular weight excluding hydrogens is 383 g/mol. The second kappa shape index (κ2) is 10.5. The fourth-order valence-electron chi connectivity index (χ4n) is 3.39. The van der Waals surface area contributed by atoms with Crippen molar-refractivity contribution in [1.29, 1.82) is 0 Å². The lowest BCUT2D eigenvalue weighted by Gasteiger charge is -2.21. The monoisotopic (exact) mass is 408 g/mol. The zero-order chi connectivity index (χ0) is 21.3. The number of nitrogens with one attached hydrogen (secondary N) is 2. The largest absolute Gasteiger partial charge is 0.326 e. The molecule has 0 bridgehead atoms. The summed E-state index contributed by atoms with van der Waals surface area (Å²) in [5.41, 5.74) is 3.45. The zero-order valence-corrected chi connectivity index (χ0v) is 16.8. The first kappa shape index (κ1) is 21.4. The molecule has 1 aromatic heterocycles. The molecule has 0 saturated carbocycles. The number of carbonyl (C=O) groups excluding carboxylic acids is 2. The summed E-state index contributed by atoms with van der Waals surface area (Å²) in [7, 11) is 0. The summed E-state index contributed by atoms with van der Waals surface area (Å²) in [5.74, 6) is -0.467. The topological polar surface area (TPSA) is 76.0 Å². The van der Waals surface area contributed by atoms with Crippen LogP contribution in [0.1, 0.15) is 35.7 Å². The number of nitrogens with zero attached hydrogens (tertiary/aromatic N) is 2. The van der Waals surface area contributed by atoms with E-state index in [1.807, 2.05) is 41.8 Å². The standard InChI is InChI=1S/C23H25FN4O2/c1-17-5-2-8-20(11-17)27-23(30)15-25-13-21-14-26-16-28(21)22(9-4-10-29)18-6-3-7-19(24)12-18/h2-3,5-8,10-12,14,16,22,25H,4,9,13,15H2,1H3,(H,27,30). The molecule has 3 aromatic rings. The number of anilines is 1. The SMILES string of the molecule is Cc1cccc(NC(=O)CNCc2cncn2C(CCC=O)c2cccc(F)c2)c1. The van der Waals surface area contributed by atoms with Crippen LogP contribution in [0.5, 0.6) is 0 Å². The van der Waals surface area contributed by atoms with E-state index < -0.39 is 0 Å². The van der Waals surface area contributed by atoms with Gasteiger partial charge in [0.15, 0.2) is 0 Å². The summed E-state index contributed by atoms with van der Waals surface area (Å²) < 4.78 is 15.7. The van der Waals surface area contributed by atoms with Gasteiger partial charge in [-0.3, -0.25) is 4.79 Å². The number of aldehydes is 1. The predicted octanol–water partition coefficient (Wildman–Crippen LogP) is 3.63. The third-order valence-electron chi connectivity index (χ3n) is 4.77. The van der Waals surface area contributed by atoms with Crippen LogP contribution >= 0.6 is 0 Å². The summed E-state index contributed by atoms with van der Waals surface area (Å²) >= 11 is 0. The first-order chi connectivity index (χ1) is 14.6. The van der Waals surface area contributed by atoms with Gasteiger partial charge in [0.05, 0.1) is 24.6 Å². The minimum atomic E-state index is -0.323. The van der Waals surface area contributed by atoms with Crippen molar-refractivity contribution in [1.82, 2.24) is 14.9 Å². The van der Waals surface area contributed by atoms with Gasteiger partial charge in [0.2, 0.25) is 5.91 Å². The van der Waals surface area contributed by atoms with E-state index in [1.165, 1.54) is 12.1 Å². The molecule has 0 aliphatic heterocycles. The number of amides is 1. The van der Waals surface area contributed by atoms with Crippen LogP contribution < -0.4 is 10.6 Å². The van der Waals surface area contributed by atoms with Crippen molar-refractivity contribution < 1.29 is 14.0 Å². The number of carbonyl (C=O) groups is 2. The van der Waals surface area contributed by atoms with Crippen molar-refractivity contribution >= 4 is 17.9 Å². The molecule has 0 saturated heterocycles. The number of rotatable bonds is 10. The maximum absolute atomic E-state index is 13.7. The highest BCUT2D eigenvalue weighted by Gasteiger charge is 2.17. The molecule has 0 spiro atoms. The fourth-order valence-corrected chi connectivity index (χ4v) is 3.39. The number of aromatic nitrogens is 2. The molecule has 7 heteroatoms. The van der Waals surface area contributed by atoms with Crippen LogP contribution in [0.4, 0.5) is 10.1 Å². The molecular formula is C23H25FN4O2. The van der Waals surface area contributed by atoms with E-state index in [4.69, 9.17) is 0 Å². The Bertz CT molecular complexity index is 1000. The molecule has 0 aliphatic rings. The van der Waals surface area contributed by atoms with Crippen LogP contribution in [-0.2, 0) is 16.1 Å². The Balaban J connectivity index is 1.64. The number of imidazole rings is 1. The Kier molecular flexibility index (Phi) is 7.45. The van der Waals surface area contributed by atoms with Gasteiger partial charge in [0.25, 0.3) is 0 Å². The minimum Gasteiger partial charge on any atom is -0.326 e. The Morgan fingerprint density at radius 3 is 2.83 bits per heavy atom. The molecule has 1 heterocycles. The van der Waals surface area contributed by atoms with Crippen LogP contribution in [0.2, 0.25) is 0 Å². The van der Waals surface area contributed by atoms with Crippen LogP contribution in [0.15, 0.2) is 61.1 Å². The van der Waals surface area contributed by atoms with Crippen LogP contribution in [0, 0.1) is 12.7 Å². The quantitative estimate of drug-likeness (QED) is 0.503. The molecule has 1 unspecified atom stereocenters. The van der Waals surface area contributed by atoms with E-state index in [1.54, 1.807) is 18.6 Å². The fraction of sp³-hybridized carbons (Fsp3) is 0.261. The van der Waals surface area contributed by atoms with Gasteiger partial charge in [0.1, 0.15) is 12.1 Å². The molecule has 1 amide bonds. The summed E-state index contributed by atoms with van der Waals surface area (Å²) in [6.07, 6.45) is 5.12. The highest BCUT2D eigenvalue weighted by Crippen LogP contribution is 2.25. The van der Waals surface area contributed by atoms with Gasteiger partial charge in [-0.05, 0) is 48.7 Å². The number of aryl methyl sites for hydroxylation is 1. The lowest BCUT2D eigenvalue weighted by molar-refractivity contribution is -0.115. The van der Waals surface area contributed by atoms with E-state index in [0.29, 0.717) is 19.4 Å². The maximum Gasteiger partial charge on any atom is 0.238 e. The van der Waals surface area contributed by atoms with E-state index in [0.717, 1.165) is 28.8 Å². The lowest BCUT2D eigenvalue weighted by Crippen LogP contribution is -2.29. The first-order valence-corrected chi connectivity index (χ1v) is 9.84. The van der Waals surface area contributed by atoms with E-state index in [2.05, 4.69) is 15.6 Å². The van der Waals surface area contributed by atoms with Crippen molar-refractivity contribution in [3.05, 3.63) is 83.7 Å². The second-order valence-electron chi connectivity index (χ2n) is 7.13. The normalized spacial score (nSPS) is 11.8. The van der Waals surface area contributed by atoms with Crippen molar-refractivity contribution in [2.75, 3.05) is 11.9 Å². The van der Waals surface area contributed by atoms with Crippen LogP contribution in [0.25, 0.3) is 0 Å². The summed E-state index contributed by atoms with van der Waals surface area (Å²) in [5, 5.41) is 5.98. The van der Waals surface area contributed by atoms with Crippen LogP contribution in [0.3, 0.4) is 0 Å². The number of benzene rings is 2. The Morgan fingerprint density at radius 2 is 2.07 bits per heavy atom. The Morgan fingerprint density at radius 1 is 1.23 bits per heavy atom. The average Bonchev–Trinajstić information content (AvgIpc) is 3.17. The van der Waals surface area contributed by atoms with Crippen molar-refractivity contribution in [2.24, 2.45) is 0 Å². The minimum absolute atomic E-state index is 0.137. The summed E-state index contributed by atoms with van der Waals surface area (Å²) in [6.45, 7) is 2.51. The van der Waals surface area contributed by atoms with E-state index in [-0.39, 0.29) is 24.3 Å². The molecule has 156 valence electrons. The van der Waals surface area contributed by atoms with Crippen molar-refractivity contribution in [2.45, 2.75) is 32.4 Å². The Labute approximate surface area is 175 Å². The molecule has 1 atom stereocenters. The summed E-state index contributed by atoms with van der Waals surface area (Å²) in [6, 6.07) is 13.8. The molecule has 0 radical (unpaired) electrons. The molecule has 2 N–H and O–H groups in total. The second-order valence-corrected chi connectivity index (χ2v) is 7.13. The molecule has 0 aliphatic carbocycles. The number of hydrogen-bond donors (Lipinski definition) is 2. The molecule has 30 heavy (non-hydrogen) atoms. The van der Waals surface area contributed by atoms with Gasteiger partial charge < -0.3 is 20.0 Å².